The van der Waals surface area contributed by atoms with Gasteiger partial charge in [0.15, 0.2) is 0 Å². The molecule has 0 fully saturated rings. The summed E-state index contributed by atoms with van der Waals surface area (Å²) < 4.78 is 29.9. The smallest absolute Gasteiger partial charge is 0.216 e. The zero-order chi connectivity index (χ0) is 11.9. The fourth-order valence-corrected chi connectivity index (χ4v) is 3.02. The summed E-state index contributed by atoms with van der Waals surface area (Å²) >= 11 is 5.56. The van der Waals surface area contributed by atoms with Crippen molar-refractivity contribution in [2.45, 2.75) is 26.3 Å². The van der Waals surface area contributed by atoms with Crippen molar-refractivity contribution < 1.29 is 13.2 Å². The van der Waals surface area contributed by atoms with Crippen molar-refractivity contribution in [2.24, 2.45) is 0 Å². The molecular formula is C9H20ClNO3S. The van der Waals surface area contributed by atoms with Crippen LogP contribution >= 0.6 is 11.6 Å². The van der Waals surface area contributed by atoms with E-state index in [1.165, 1.54) is 11.4 Å². The van der Waals surface area contributed by atoms with Crippen LogP contribution in [0, 0.1) is 0 Å². The maximum absolute atomic E-state index is 11.8. The molecule has 0 heterocycles. The minimum Gasteiger partial charge on any atom is -0.384 e. The van der Waals surface area contributed by atoms with E-state index in [-0.39, 0.29) is 18.4 Å². The fourth-order valence-electron chi connectivity index (χ4n) is 1.24. The summed E-state index contributed by atoms with van der Waals surface area (Å²) in [5.74, 6) is 0.507. The number of halogens is 1. The van der Waals surface area contributed by atoms with Gasteiger partial charge < -0.3 is 4.74 Å². The van der Waals surface area contributed by atoms with Crippen molar-refractivity contribution in [3.63, 3.8) is 0 Å². The summed E-state index contributed by atoms with van der Waals surface area (Å²) in [5.41, 5.74) is 0. The van der Waals surface area contributed by atoms with Crippen LogP contribution in [0.1, 0.15) is 20.3 Å². The van der Waals surface area contributed by atoms with E-state index in [9.17, 15) is 8.42 Å². The first-order valence-corrected chi connectivity index (χ1v) is 7.14. The molecule has 0 spiro atoms. The van der Waals surface area contributed by atoms with Crippen LogP contribution < -0.4 is 0 Å². The molecule has 0 unspecified atom stereocenters. The molecule has 0 atom stereocenters. The number of alkyl halides is 1. The number of ether oxygens (including phenoxy) is 1. The third kappa shape index (κ3) is 5.70. The van der Waals surface area contributed by atoms with E-state index in [2.05, 4.69) is 0 Å². The highest BCUT2D eigenvalue weighted by atomic mass is 35.5. The maximum Gasteiger partial charge on any atom is 0.216 e. The molecule has 0 saturated heterocycles. The zero-order valence-corrected chi connectivity index (χ0v) is 11.1. The molecule has 4 nitrogen and oxygen atoms in total. The minimum absolute atomic E-state index is 0.0317. The number of hydrogen-bond acceptors (Lipinski definition) is 3. The first kappa shape index (κ1) is 15.2. The summed E-state index contributed by atoms with van der Waals surface area (Å²) in [6.45, 7) is 4.43. The lowest BCUT2D eigenvalue weighted by molar-refractivity contribution is 0.214. The first-order chi connectivity index (χ1) is 6.95. The predicted molar refractivity (Wildman–Crippen MR) is 62.8 cm³/mol. The van der Waals surface area contributed by atoms with E-state index in [4.69, 9.17) is 16.3 Å². The van der Waals surface area contributed by atoms with Crippen LogP contribution in [0.3, 0.4) is 0 Å². The number of sulfonamides is 1. The van der Waals surface area contributed by atoms with Crippen LogP contribution in [0.25, 0.3) is 0 Å². The van der Waals surface area contributed by atoms with Crippen molar-refractivity contribution in [3.8, 4) is 0 Å². The van der Waals surface area contributed by atoms with Crippen LogP contribution in [-0.4, -0.2) is 50.7 Å². The van der Waals surface area contributed by atoms with Gasteiger partial charge in [0.05, 0.1) is 12.4 Å². The van der Waals surface area contributed by atoms with Gasteiger partial charge in [0.2, 0.25) is 10.0 Å². The van der Waals surface area contributed by atoms with Gasteiger partial charge in [-0.15, -0.1) is 11.6 Å². The van der Waals surface area contributed by atoms with E-state index in [1.54, 1.807) is 0 Å². The van der Waals surface area contributed by atoms with Gasteiger partial charge in [-0.25, -0.2) is 8.42 Å². The monoisotopic (exact) mass is 257 g/mol. The molecule has 0 aliphatic heterocycles. The largest absolute Gasteiger partial charge is 0.384 e. The molecule has 0 aromatic rings. The van der Waals surface area contributed by atoms with E-state index < -0.39 is 10.0 Å². The van der Waals surface area contributed by atoms with Crippen LogP contribution in [0.5, 0.6) is 0 Å². The topological polar surface area (TPSA) is 46.6 Å². The van der Waals surface area contributed by atoms with Crippen molar-refractivity contribution in [1.82, 2.24) is 4.31 Å². The van der Waals surface area contributed by atoms with Crippen LogP contribution in [0.4, 0.5) is 0 Å². The Morgan fingerprint density at radius 2 is 2.00 bits per heavy atom. The predicted octanol–water partition coefficient (Wildman–Crippen LogP) is 1.30. The molecule has 0 amide bonds. The van der Waals surface area contributed by atoms with Gasteiger partial charge in [-0.1, -0.05) is 0 Å². The molecule has 0 aromatic carbocycles. The Labute approximate surface area is 97.6 Å². The Morgan fingerprint density at radius 3 is 2.40 bits per heavy atom. The lowest BCUT2D eigenvalue weighted by Crippen LogP contribution is -2.40. The highest BCUT2D eigenvalue weighted by Crippen LogP contribution is 2.09. The van der Waals surface area contributed by atoms with Crippen LogP contribution in [0.15, 0.2) is 0 Å². The second kappa shape index (κ2) is 7.44. The van der Waals surface area contributed by atoms with E-state index in [1.807, 2.05) is 13.8 Å². The average molecular weight is 258 g/mol. The van der Waals surface area contributed by atoms with Gasteiger partial charge in [0.25, 0.3) is 0 Å². The Balaban J connectivity index is 4.45. The molecule has 0 aliphatic rings. The molecule has 0 bridgehead atoms. The quantitative estimate of drug-likeness (QED) is 0.616. The summed E-state index contributed by atoms with van der Waals surface area (Å²) in [6, 6.07) is -0.0323. The molecule has 92 valence electrons. The molecule has 0 aliphatic carbocycles. The third-order valence-corrected chi connectivity index (χ3v) is 4.26. The van der Waals surface area contributed by atoms with Gasteiger partial charge in [-0.3, -0.25) is 0 Å². The number of rotatable bonds is 8. The highest BCUT2D eigenvalue weighted by molar-refractivity contribution is 7.89. The molecule has 0 radical (unpaired) electrons. The standard InChI is InChI=1S/C9H20ClNO3S/c1-9(2)11(6-4-5-10)15(12,13)8-7-14-3/h9H,4-8H2,1-3H3. The highest BCUT2D eigenvalue weighted by Gasteiger charge is 2.23. The SMILES string of the molecule is COCCS(=O)(=O)N(CCCCl)C(C)C. The van der Waals surface area contributed by atoms with Gasteiger partial charge >= 0.3 is 0 Å². The van der Waals surface area contributed by atoms with Crippen molar-refractivity contribution in [3.05, 3.63) is 0 Å². The van der Waals surface area contributed by atoms with Gasteiger partial charge in [-0.05, 0) is 20.3 Å². The van der Waals surface area contributed by atoms with Crippen LogP contribution in [0.2, 0.25) is 0 Å². The van der Waals surface area contributed by atoms with Crippen molar-refractivity contribution in [2.75, 3.05) is 31.9 Å². The molecule has 0 N–H and O–H groups in total. The van der Waals surface area contributed by atoms with Crippen LogP contribution in [-0.2, 0) is 14.8 Å². The third-order valence-electron chi connectivity index (χ3n) is 1.99. The molecule has 6 heteroatoms. The van der Waals surface area contributed by atoms with Gasteiger partial charge in [-0.2, -0.15) is 4.31 Å². The zero-order valence-electron chi connectivity index (χ0n) is 9.57. The van der Waals surface area contributed by atoms with E-state index in [0.29, 0.717) is 18.8 Å². The lowest BCUT2D eigenvalue weighted by Gasteiger charge is -2.25. The molecular weight excluding hydrogens is 238 g/mol. The van der Waals surface area contributed by atoms with E-state index >= 15 is 0 Å². The van der Waals surface area contributed by atoms with Crippen molar-refractivity contribution >= 4 is 21.6 Å². The number of methoxy groups -OCH3 is 1. The molecule has 15 heavy (non-hydrogen) atoms. The Hall–Kier alpha value is 0.160. The second-order valence-electron chi connectivity index (χ2n) is 3.56. The maximum atomic E-state index is 11.8. The summed E-state index contributed by atoms with van der Waals surface area (Å²) in [4.78, 5) is 0. The molecule has 0 rings (SSSR count). The van der Waals surface area contributed by atoms with Crippen molar-refractivity contribution in [1.29, 1.82) is 0 Å². The Kier molecular flexibility index (Phi) is 7.52. The van der Waals surface area contributed by atoms with E-state index in [0.717, 1.165) is 0 Å². The first-order valence-electron chi connectivity index (χ1n) is 5.00. The molecule has 0 aromatic heterocycles. The summed E-state index contributed by atoms with van der Waals surface area (Å²) in [7, 11) is -1.71. The Bertz CT molecular complexity index is 254. The van der Waals surface area contributed by atoms with Gasteiger partial charge in [0, 0.05) is 25.6 Å². The fraction of sp³-hybridized carbons (Fsp3) is 1.00. The number of nitrogens with zero attached hydrogens (tertiary/aromatic N) is 1. The lowest BCUT2D eigenvalue weighted by atomic mass is 10.4. The summed E-state index contributed by atoms with van der Waals surface area (Å²) in [5, 5.41) is 0. The second-order valence-corrected chi connectivity index (χ2v) is 5.97. The number of hydrogen-bond donors (Lipinski definition) is 0. The minimum atomic E-state index is -3.21. The summed E-state index contributed by atoms with van der Waals surface area (Å²) in [6.07, 6.45) is 0.673. The molecule has 0 saturated carbocycles. The Morgan fingerprint density at radius 1 is 1.40 bits per heavy atom. The normalized spacial score (nSPS) is 12.7. The van der Waals surface area contributed by atoms with Gasteiger partial charge in [0.1, 0.15) is 0 Å². The average Bonchev–Trinajstić information content (AvgIpc) is 2.14.